The monoisotopic (exact) mass is 335 g/mol. The van der Waals surface area contributed by atoms with Crippen LogP contribution in [0.2, 0.25) is 0 Å². The molecule has 1 aromatic heterocycles. The molecule has 2 atom stereocenters. The molecule has 5 nitrogen and oxygen atoms in total. The Hall–Kier alpha value is -0.570. The van der Waals surface area contributed by atoms with Crippen molar-refractivity contribution in [3.8, 4) is 0 Å². The van der Waals surface area contributed by atoms with Crippen LogP contribution < -0.4 is 4.72 Å². The number of thiophene rings is 1. The Balaban J connectivity index is 2.24. The van der Waals surface area contributed by atoms with Crippen LogP contribution >= 0.6 is 23.1 Å². The van der Waals surface area contributed by atoms with Gasteiger partial charge in [0.1, 0.15) is 4.88 Å². The molecule has 0 saturated heterocycles. The minimum absolute atomic E-state index is 0.0516. The Kier molecular flexibility index (Phi) is 4.78. The fourth-order valence-corrected chi connectivity index (χ4v) is 6.21. The molecule has 20 heavy (non-hydrogen) atoms. The largest absolute Gasteiger partial charge is 0.477 e. The van der Waals surface area contributed by atoms with Crippen LogP contribution in [0.25, 0.3) is 0 Å². The maximum Gasteiger partial charge on any atom is 0.345 e. The molecule has 2 N–H and O–H groups in total. The van der Waals surface area contributed by atoms with Gasteiger partial charge in [0.05, 0.1) is 4.90 Å². The molecular formula is C12H17NO4S3. The number of sulfonamides is 1. The minimum atomic E-state index is -3.65. The third-order valence-electron chi connectivity index (χ3n) is 3.43. The average molecular weight is 335 g/mol. The first kappa shape index (κ1) is 15.8. The van der Waals surface area contributed by atoms with Gasteiger partial charge in [-0.25, -0.2) is 17.9 Å². The van der Waals surface area contributed by atoms with E-state index in [-0.39, 0.29) is 15.8 Å². The minimum Gasteiger partial charge on any atom is -0.477 e. The Morgan fingerprint density at radius 2 is 2.20 bits per heavy atom. The van der Waals surface area contributed by atoms with E-state index in [1.165, 1.54) is 6.07 Å². The van der Waals surface area contributed by atoms with Gasteiger partial charge >= 0.3 is 5.97 Å². The Labute approximate surface area is 126 Å². The van der Waals surface area contributed by atoms with Crippen molar-refractivity contribution in [1.29, 1.82) is 0 Å². The number of rotatable bonds is 5. The van der Waals surface area contributed by atoms with Gasteiger partial charge in [0.2, 0.25) is 10.0 Å². The molecule has 1 aromatic rings. The summed E-state index contributed by atoms with van der Waals surface area (Å²) in [5.41, 5.74) is 0. The van der Waals surface area contributed by atoms with E-state index in [1.807, 2.05) is 6.26 Å². The zero-order valence-corrected chi connectivity index (χ0v) is 13.7. The topological polar surface area (TPSA) is 83.5 Å². The molecule has 0 radical (unpaired) electrons. The fourth-order valence-electron chi connectivity index (χ4n) is 2.44. The van der Waals surface area contributed by atoms with Crippen LogP contribution in [0.5, 0.6) is 0 Å². The normalized spacial score (nSPS) is 23.1. The standard InChI is InChI=1S/C12H17NO4S3/c1-7-11(6-10(19-7)12(14)15)20(16,17)13-8-4-3-5-9(8)18-2/h6,8-9,13H,3-5H2,1-2H3,(H,14,15). The van der Waals surface area contributed by atoms with Crippen LogP contribution in [0.15, 0.2) is 11.0 Å². The van der Waals surface area contributed by atoms with E-state index in [0.29, 0.717) is 10.1 Å². The van der Waals surface area contributed by atoms with Gasteiger partial charge < -0.3 is 5.11 Å². The van der Waals surface area contributed by atoms with Crippen LogP contribution in [0.3, 0.4) is 0 Å². The molecule has 2 unspecified atom stereocenters. The van der Waals surface area contributed by atoms with Gasteiger partial charge in [-0.3, -0.25) is 0 Å². The second kappa shape index (κ2) is 6.05. The summed E-state index contributed by atoms with van der Waals surface area (Å²) >= 11 is 2.66. The first-order chi connectivity index (χ1) is 9.35. The van der Waals surface area contributed by atoms with Gasteiger partial charge in [-0.1, -0.05) is 6.42 Å². The van der Waals surface area contributed by atoms with Gasteiger partial charge in [-0.05, 0) is 32.1 Å². The van der Waals surface area contributed by atoms with Crippen LogP contribution in [0.1, 0.15) is 33.8 Å². The number of hydrogen-bond donors (Lipinski definition) is 2. The molecule has 1 fully saturated rings. The van der Waals surface area contributed by atoms with Crippen LogP contribution in [0, 0.1) is 6.92 Å². The van der Waals surface area contributed by atoms with Crippen LogP contribution in [-0.4, -0.2) is 37.0 Å². The zero-order valence-electron chi connectivity index (χ0n) is 11.3. The van der Waals surface area contributed by atoms with Crippen molar-refractivity contribution in [3.63, 3.8) is 0 Å². The molecule has 0 amide bonds. The molecule has 1 aliphatic rings. The molecule has 0 spiro atoms. The highest BCUT2D eigenvalue weighted by atomic mass is 32.2. The van der Waals surface area contributed by atoms with Gasteiger partial charge in [-0.2, -0.15) is 11.8 Å². The third kappa shape index (κ3) is 3.19. The summed E-state index contributed by atoms with van der Waals surface area (Å²) < 4.78 is 27.5. The first-order valence-corrected chi connectivity index (χ1v) is 9.82. The number of hydrogen-bond acceptors (Lipinski definition) is 5. The van der Waals surface area contributed by atoms with E-state index >= 15 is 0 Å². The molecule has 0 aromatic carbocycles. The van der Waals surface area contributed by atoms with E-state index in [9.17, 15) is 13.2 Å². The lowest BCUT2D eigenvalue weighted by Crippen LogP contribution is -2.38. The van der Waals surface area contributed by atoms with E-state index in [0.717, 1.165) is 30.6 Å². The highest BCUT2D eigenvalue weighted by molar-refractivity contribution is 7.99. The van der Waals surface area contributed by atoms with E-state index in [4.69, 9.17) is 5.11 Å². The number of carboxylic acids is 1. The first-order valence-electron chi connectivity index (χ1n) is 6.24. The summed E-state index contributed by atoms with van der Waals surface area (Å²) in [4.78, 5) is 11.6. The second-order valence-electron chi connectivity index (χ2n) is 4.77. The van der Waals surface area contributed by atoms with Crippen molar-refractivity contribution < 1.29 is 18.3 Å². The van der Waals surface area contributed by atoms with Crippen molar-refractivity contribution in [2.45, 2.75) is 42.4 Å². The molecule has 2 rings (SSSR count). The lowest BCUT2D eigenvalue weighted by molar-refractivity contribution is 0.0702. The SMILES string of the molecule is CSC1CCCC1NS(=O)(=O)c1cc(C(=O)O)sc1C. The van der Waals surface area contributed by atoms with Crippen molar-refractivity contribution in [2.75, 3.05) is 6.26 Å². The number of thioether (sulfide) groups is 1. The second-order valence-corrected chi connectivity index (χ2v) is 8.78. The quantitative estimate of drug-likeness (QED) is 0.863. The highest BCUT2D eigenvalue weighted by Crippen LogP contribution is 2.31. The summed E-state index contributed by atoms with van der Waals surface area (Å²) in [5, 5.41) is 9.24. The molecular weight excluding hydrogens is 318 g/mol. The predicted molar refractivity (Wildman–Crippen MR) is 81.3 cm³/mol. The molecule has 1 aliphatic carbocycles. The summed E-state index contributed by atoms with van der Waals surface area (Å²) in [6.07, 6.45) is 4.84. The number of aryl methyl sites for hydroxylation is 1. The van der Waals surface area contributed by atoms with Crippen LogP contribution in [0.4, 0.5) is 0 Å². The van der Waals surface area contributed by atoms with E-state index < -0.39 is 16.0 Å². The smallest absolute Gasteiger partial charge is 0.345 e. The summed E-state index contributed by atoms with van der Waals surface area (Å²) in [6, 6.07) is 1.18. The number of carbonyl (C=O) groups is 1. The number of nitrogens with one attached hydrogen (secondary N) is 1. The molecule has 0 aliphatic heterocycles. The summed E-state index contributed by atoms with van der Waals surface area (Å²) in [6.45, 7) is 1.63. The molecule has 112 valence electrons. The van der Waals surface area contributed by atoms with E-state index in [2.05, 4.69) is 4.72 Å². The third-order valence-corrected chi connectivity index (χ3v) is 7.39. The van der Waals surface area contributed by atoms with Gasteiger partial charge in [0, 0.05) is 16.2 Å². The lowest BCUT2D eigenvalue weighted by atomic mass is 10.3. The molecule has 8 heteroatoms. The summed E-state index contributed by atoms with van der Waals surface area (Å²) in [5.74, 6) is -1.09. The van der Waals surface area contributed by atoms with Crippen molar-refractivity contribution in [1.82, 2.24) is 4.72 Å². The Morgan fingerprint density at radius 1 is 1.50 bits per heavy atom. The van der Waals surface area contributed by atoms with Gasteiger partial charge in [-0.15, -0.1) is 11.3 Å². The molecule has 1 heterocycles. The van der Waals surface area contributed by atoms with Gasteiger partial charge in [0.15, 0.2) is 0 Å². The van der Waals surface area contributed by atoms with Crippen LogP contribution in [-0.2, 0) is 10.0 Å². The predicted octanol–water partition coefficient (Wildman–Crippen LogP) is 2.32. The Morgan fingerprint density at radius 3 is 2.75 bits per heavy atom. The number of aromatic carboxylic acids is 1. The number of carboxylic acid groups (broad SMARTS) is 1. The Bertz CT molecular complexity index is 608. The van der Waals surface area contributed by atoms with Crippen molar-refractivity contribution in [3.05, 3.63) is 15.8 Å². The maximum atomic E-state index is 12.4. The summed E-state index contributed by atoms with van der Waals surface area (Å²) in [7, 11) is -3.65. The fraction of sp³-hybridized carbons (Fsp3) is 0.583. The van der Waals surface area contributed by atoms with E-state index in [1.54, 1.807) is 18.7 Å². The maximum absolute atomic E-state index is 12.4. The average Bonchev–Trinajstić information content (AvgIpc) is 2.95. The molecule has 1 saturated carbocycles. The van der Waals surface area contributed by atoms with Gasteiger partial charge in [0.25, 0.3) is 0 Å². The lowest BCUT2D eigenvalue weighted by Gasteiger charge is -2.19. The van der Waals surface area contributed by atoms with Crippen molar-refractivity contribution in [2.24, 2.45) is 0 Å². The van der Waals surface area contributed by atoms with Crippen molar-refractivity contribution >= 4 is 39.1 Å². The zero-order chi connectivity index (χ0) is 14.9. The highest BCUT2D eigenvalue weighted by Gasteiger charge is 2.32. The molecule has 0 bridgehead atoms.